The molecule has 10 heteroatoms. The third-order valence-electron chi connectivity index (χ3n) is 2.45. The van der Waals surface area contributed by atoms with E-state index in [2.05, 4.69) is 15.4 Å². The zero-order chi connectivity index (χ0) is 14.4. The number of nitrogens with zero attached hydrogens (tertiary/aromatic N) is 6. The molecule has 0 aliphatic heterocycles. The minimum atomic E-state index is -0.570. The smallest absolute Gasteiger partial charge is 0.337 e. The molecule has 0 aromatic carbocycles. The Balaban J connectivity index is 2.97. The number of hydrogen-bond acceptors (Lipinski definition) is 7. The molecule has 0 unspecified atom stereocenters. The number of aliphatic hydroxyl groups excluding tert-OH is 2. The van der Waals surface area contributed by atoms with E-state index in [1.54, 1.807) is 14.0 Å². The summed E-state index contributed by atoms with van der Waals surface area (Å²) in [6.07, 6.45) is 0. The molecule has 10 nitrogen and oxygen atoms in total. The Labute approximate surface area is 109 Å². The fraction of sp³-hybridized carbons (Fsp3) is 0.667. The second kappa shape index (κ2) is 6.75. The molecule has 0 bridgehead atoms. The molecular weight excluding hydrogens is 256 g/mol. The number of aryl methyl sites for hydroxylation is 1. The van der Waals surface area contributed by atoms with Gasteiger partial charge in [0.25, 0.3) is 5.82 Å². The van der Waals surface area contributed by atoms with Crippen LogP contribution < -0.4 is 0 Å². The van der Waals surface area contributed by atoms with Gasteiger partial charge in [0.05, 0.1) is 31.2 Å². The number of aromatic nitrogens is 2. The SMILES string of the molecule is Cc1c([N+](=O)[O-])c(N=NN(CCO)CCO)nn1C. The van der Waals surface area contributed by atoms with Crippen molar-refractivity contribution in [1.29, 1.82) is 0 Å². The highest BCUT2D eigenvalue weighted by Crippen LogP contribution is 2.29. The van der Waals surface area contributed by atoms with E-state index < -0.39 is 4.92 Å². The molecule has 0 aliphatic carbocycles. The van der Waals surface area contributed by atoms with Crippen molar-refractivity contribution >= 4 is 11.5 Å². The molecule has 0 amide bonds. The van der Waals surface area contributed by atoms with Crippen molar-refractivity contribution in [3.05, 3.63) is 15.8 Å². The van der Waals surface area contributed by atoms with Gasteiger partial charge in [-0.3, -0.25) is 19.8 Å². The van der Waals surface area contributed by atoms with Crippen molar-refractivity contribution < 1.29 is 15.1 Å². The van der Waals surface area contributed by atoms with Gasteiger partial charge in [-0.2, -0.15) is 0 Å². The fourth-order valence-electron chi connectivity index (χ4n) is 1.40. The van der Waals surface area contributed by atoms with Gasteiger partial charge in [0.15, 0.2) is 0 Å². The van der Waals surface area contributed by atoms with Gasteiger partial charge in [-0.25, -0.2) is 0 Å². The van der Waals surface area contributed by atoms with Gasteiger partial charge >= 0.3 is 5.69 Å². The summed E-state index contributed by atoms with van der Waals surface area (Å²) >= 11 is 0. The van der Waals surface area contributed by atoms with E-state index in [9.17, 15) is 10.1 Å². The van der Waals surface area contributed by atoms with Crippen molar-refractivity contribution in [1.82, 2.24) is 14.8 Å². The maximum Gasteiger partial charge on any atom is 0.337 e. The molecule has 1 rings (SSSR count). The molecule has 0 aliphatic rings. The molecule has 0 saturated carbocycles. The summed E-state index contributed by atoms with van der Waals surface area (Å²) in [5, 5.41) is 41.1. The van der Waals surface area contributed by atoms with E-state index in [0.717, 1.165) is 0 Å². The summed E-state index contributed by atoms with van der Waals surface area (Å²) in [5.41, 5.74) is 0.161. The van der Waals surface area contributed by atoms with Gasteiger partial charge in [0, 0.05) is 7.05 Å². The van der Waals surface area contributed by atoms with Gasteiger partial charge in [-0.05, 0) is 6.92 Å². The lowest BCUT2D eigenvalue weighted by molar-refractivity contribution is -0.384. The number of hydrogen-bond donors (Lipinski definition) is 2. The first kappa shape index (κ1) is 15.0. The molecule has 1 aromatic heterocycles. The predicted molar refractivity (Wildman–Crippen MR) is 64.9 cm³/mol. The van der Waals surface area contributed by atoms with Crippen molar-refractivity contribution in [2.45, 2.75) is 6.92 Å². The molecular formula is C9H16N6O4. The summed E-state index contributed by atoms with van der Waals surface area (Å²) in [6, 6.07) is 0. The second-order valence-corrected chi connectivity index (χ2v) is 3.73. The van der Waals surface area contributed by atoms with Gasteiger partial charge in [-0.1, -0.05) is 5.22 Å². The Morgan fingerprint density at radius 3 is 2.47 bits per heavy atom. The van der Waals surface area contributed by atoms with Gasteiger partial charge in [0.2, 0.25) is 0 Å². The molecule has 106 valence electrons. The van der Waals surface area contributed by atoms with Crippen molar-refractivity contribution in [2.24, 2.45) is 17.4 Å². The largest absolute Gasteiger partial charge is 0.394 e. The summed E-state index contributed by atoms with van der Waals surface area (Å²) < 4.78 is 1.34. The van der Waals surface area contributed by atoms with Crippen molar-refractivity contribution in [2.75, 3.05) is 26.3 Å². The molecule has 1 aromatic rings. The van der Waals surface area contributed by atoms with E-state index in [1.807, 2.05) is 0 Å². The van der Waals surface area contributed by atoms with Crippen LogP contribution in [0.5, 0.6) is 0 Å². The Morgan fingerprint density at radius 2 is 2.00 bits per heavy atom. The van der Waals surface area contributed by atoms with Crippen LogP contribution in [0.2, 0.25) is 0 Å². The van der Waals surface area contributed by atoms with E-state index >= 15 is 0 Å². The Morgan fingerprint density at radius 1 is 1.42 bits per heavy atom. The van der Waals surface area contributed by atoms with Crippen LogP contribution in [-0.2, 0) is 7.05 Å². The number of rotatable bonds is 7. The molecule has 0 spiro atoms. The Kier molecular flexibility index (Phi) is 5.33. The summed E-state index contributed by atoms with van der Waals surface area (Å²) in [7, 11) is 1.57. The van der Waals surface area contributed by atoms with Crippen LogP contribution in [0.15, 0.2) is 10.3 Å². The van der Waals surface area contributed by atoms with Gasteiger partial charge < -0.3 is 10.2 Å². The first-order valence-electron chi connectivity index (χ1n) is 5.57. The lowest BCUT2D eigenvalue weighted by Crippen LogP contribution is -2.24. The van der Waals surface area contributed by atoms with E-state index in [1.165, 1.54) is 9.69 Å². The Bertz CT molecular complexity index is 466. The van der Waals surface area contributed by atoms with Crippen LogP contribution in [-0.4, -0.2) is 56.2 Å². The van der Waals surface area contributed by atoms with Crippen LogP contribution in [0, 0.1) is 17.0 Å². The molecule has 0 fully saturated rings. The quantitative estimate of drug-likeness (QED) is 0.405. The predicted octanol–water partition coefficient (Wildman–Crippen LogP) is -0.0780. The molecule has 0 atom stereocenters. The molecule has 0 radical (unpaired) electrons. The highest BCUT2D eigenvalue weighted by molar-refractivity contribution is 5.54. The first-order chi connectivity index (χ1) is 9.01. The summed E-state index contributed by atoms with van der Waals surface area (Å²) in [6.45, 7) is 1.57. The Hall–Kier alpha value is -2.07. The van der Waals surface area contributed by atoms with Crippen LogP contribution >= 0.6 is 0 Å². The molecule has 0 saturated heterocycles. The zero-order valence-corrected chi connectivity index (χ0v) is 10.7. The first-order valence-corrected chi connectivity index (χ1v) is 5.57. The van der Waals surface area contributed by atoms with E-state index in [0.29, 0.717) is 5.69 Å². The normalized spacial score (nSPS) is 11.2. The minimum absolute atomic E-state index is 0.106. The fourth-order valence-corrected chi connectivity index (χ4v) is 1.40. The number of nitro groups is 1. The lowest BCUT2D eigenvalue weighted by atomic mass is 10.4. The average Bonchev–Trinajstić information content (AvgIpc) is 2.63. The highest BCUT2D eigenvalue weighted by Gasteiger charge is 2.23. The van der Waals surface area contributed by atoms with Crippen LogP contribution in [0.1, 0.15) is 5.69 Å². The highest BCUT2D eigenvalue weighted by atomic mass is 16.6. The van der Waals surface area contributed by atoms with Gasteiger partial charge in [0.1, 0.15) is 5.69 Å². The van der Waals surface area contributed by atoms with Crippen LogP contribution in [0.25, 0.3) is 0 Å². The van der Waals surface area contributed by atoms with E-state index in [4.69, 9.17) is 10.2 Å². The molecule has 1 heterocycles. The standard InChI is InChI=1S/C9H16N6O4/c1-7-8(15(18)19)9(11-13(7)2)10-12-14(3-5-16)4-6-17/h16-17H,3-6H2,1-2H3. The lowest BCUT2D eigenvalue weighted by Gasteiger charge is -2.13. The topological polar surface area (TPSA) is 129 Å². The molecule has 19 heavy (non-hydrogen) atoms. The van der Waals surface area contributed by atoms with Crippen molar-refractivity contribution in [3.63, 3.8) is 0 Å². The summed E-state index contributed by atoms with van der Waals surface area (Å²) in [5.74, 6) is -0.106. The molecule has 2 N–H and O–H groups in total. The maximum absolute atomic E-state index is 10.9. The number of aliphatic hydroxyl groups is 2. The van der Waals surface area contributed by atoms with Gasteiger partial charge in [-0.15, -0.1) is 10.2 Å². The maximum atomic E-state index is 10.9. The monoisotopic (exact) mass is 272 g/mol. The van der Waals surface area contributed by atoms with Crippen LogP contribution in [0.4, 0.5) is 11.5 Å². The van der Waals surface area contributed by atoms with E-state index in [-0.39, 0.29) is 37.8 Å². The zero-order valence-electron chi connectivity index (χ0n) is 10.7. The van der Waals surface area contributed by atoms with Crippen molar-refractivity contribution in [3.8, 4) is 0 Å². The third kappa shape index (κ3) is 3.69. The second-order valence-electron chi connectivity index (χ2n) is 3.73. The summed E-state index contributed by atoms with van der Waals surface area (Å²) in [4.78, 5) is 10.3. The average molecular weight is 272 g/mol. The third-order valence-corrected chi connectivity index (χ3v) is 2.45. The van der Waals surface area contributed by atoms with Crippen LogP contribution in [0.3, 0.4) is 0 Å². The minimum Gasteiger partial charge on any atom is -0.394 e.